The summed E-state index contributed by atoms with van der Waals surface area (Å²) in [6.45, 7) is 1.32. The fraction of sp³-hybridized carbons (Fsp3) is 0.235. The van der Waals surface area contributed by atoms with Gasteiger partial charge in [0.1, 0.15) is 5.75 Å². The molecule has 0 bridgehead atoms. The van der Waals surface area contributed by atoms with Gasteiger partial charge >= 0.3 is 0 Å². The summed E-state index contributed by atoms with van der Waals surface area (Å²) in [5.41, 5.74) is 2.71. The van der Waals surface area contributed by atoms with Crippen LogP contribution in [0.15, 0.2) is 48.5 Å². The summed E-state index contributed by atoms with van der Waals surface area (Å²) in [6, 6.07) is 15.4. The van der Waals surface area contributed by atoms with Crippen LogP contribution in [0, 0.1) is 0 Å². The second-order valence-corrected chi connectivity index (χ2v) is 5.52. The van der Waals surface area contributed by atoms with Gasteiger partial charge in [-0.1, -0.05) is 40.2 Å². The number of rotatable bonds is 2. The fourth-order valence-electron chi connectivity index (χ4n) is 2.43. The normalized spacial score (nSPS) is 14.0. The van der Waals surface area contributed by atoms with E-state index in [4.69, 9.17) is 4.74 Å². The number of para-hydroxylation sites is 2. The molecule has 21 heavy (non-hydrogen) atoms. The predicted octanol–water partition coefficient (Wildman–Crippen LogP) is 4.01. The Labute approximate surface area is 132 Å². The van der Waals surface area contributed by atoms with Crippen molar-refractivity contribution in [2.45, 2.75) is 11.8 Å². The Bertz CT molecular complexity index is 639. The second-order valence-electron chi connectivity index (χ2n) is 4.96. The Balaban J connectivity index is 1.93. The molecule has 0 saturated carbocycles. The molecule has 0 saturated heterocycles. The third-order valence-corrected chi connectivity index (χ3v) is 4.19. The lowest BCUT2D eigenvalue weighted by Gasteiger charge is -2.21. The maximum atomic E-state index is 12.8. The van der Waals surface area contributed by atoms with Crippen molar-refractivity contribution in [1.82, 2.24) is 0 Å². The number of hydrogen-bond donors (Lipinski definition) is 0. The minimum Gasteiger partial charge on any atom is -0.491 e. The molecule has 2 aromatic rings. The van der Waals surface area contributed by atoms with Crippen LogP contribution >= 0.6 is 15.9 Å². The number of alkyl halides is 1. The summed E-state index contributed by atoms with van der Waals surface area (Å²) in [7, 11) is 0. The topological polar surface area (TPSA) is 29.5 Å². The summed E-state index contributed by atoms with van der Waals surface area (Å²) in [6.07, 6.45) is 0.833. The molecule has 1 heterocycles. The zero-order valence-electron chi connectivity index (χ0n) is 11.6. The zero-order valence-corrected chi connectivity index (χ0v) is 13.2. The molecule has 0 aromatic heterocycles. The number of ether oxygens (including phenoxy) is 1. The van der Waals surface area contributed by atoms with Crippen LogP contribution in [0.4, 0.5) is 5.69 Å². The Morgan fingerprint density at radius 1 is 1.14 bits per heavy atom. The quantitative estimate of drug-likeness (QED) is 0.769. The Hall–Kier alpha value is -1.81. The number of carbonyl (C=O) groups is 1. The molecule has 1 amide bonds. The molecule has 0 atom stereocenters. The van der Waals surface area contributed by atoms with Crippen molar-refractivity contribution in [3.05, 3.63) is 59.7 Å². The average Bonchev–Trinajstić information content (AvgIpc) is 2.77. The van der Waals surface area contributed by atoms with Gasteiger partial charge in [0.05, 0.1) is 12.3 Å². The molecular weight excluding hydrogens is 330 g/mol. The standard InChI is InChI=1S/C17H16BrNO2/c18-12-13-6-8-14(9-7-13)17(20)19-10-3-11-21-16-5-2-1-4-15(16)19/h1-2,4-9H,3,10-12H2. The van der Waals surface area contributed by atoms with Crippen molar-refractivity contribution in [2.24, 2.45) is 0 Å². The van der Waals surface area contributed by atoms with E-state index in [-0.39, 0.29) is 5.91 Å². The lowest BCUT2D eigenvalue weighted by Crippen LogP contribution is -2.31. The van der Waals surface area contributed by atoms with Crippen molar-refractivity contribution in [3.63, 3.8) is 0 Å². The van der Waals surface area contributed by atoms with E-state index in [0.717, 1.165) is 28.8 Å². The number of benzene rings is 2. The van der Waals surface area contributed by atoms with Gasteiger partial charge in [-0.3, -0.25) is 4.79 Å². The second kappa shape index (κ2) is 6.31. The highest BCUT2D eigenvalue weighted by Gasteiger charge is 2.22. The summed E-state index contributed by atoms with van der Waals surface area (Å²) in [5, 5.41) is 0.794. The highest BCUT2D eigenvalue weighted by molar-refractivity contribution is 9.08. The van der Waals surface area contributed by atoms with Crippen molar-refractivity contribution in [3.8, 4) is 5.75 Å². The van der Waals surface area contributed by atoms with E-state index in [2.05, 4.69) is 15.9 Å². The molecule has 108 valence electrons. The largest absolute Gasteiger partial charge is 0.491 e. The van der Waals surface area contributed by atoms with Crippen LogP contribution in [0.5, 0.6) is 5.75 Å². The average molecular weight is 346 g/mol. The van der Waals surface area contributed by atoms with Crippen molar-refractivity contribution >= 4 is 27.5 Å². The van der Waals surface area contributed by atoms with E-state index in [1.54, 1.807) is 0 Å². The third-order valence-electron chi connectivity index (χ3n) is 3.54. The van der Waals surface area contributed by atoms with Gasteiger partial charge in [0.2, 0.25) is 0 Å². The van der Waals surface area contributed by atoms with E-state index in [0.29, 0.717) is 18.7 Å². The van der Waals surface area contributed by atoms with Gasteiger partial charge in [0.15, 0.2) is 0 Å². The molecule has 4 heteroatoms. The third kappa shape index (κ3) is 2.95. The molecular formula is C17H16BrNO2. The van der Waals surface area contributed by atoms with Gasteiger partial charge in [-0.15, -0.1) is 0 Å². The van der Waals surface area contributed by atoms with Gasteiger partial charge in [-0.25, -0.2) is 0 Å². The fourth-order valence-corrected chi connectivity index (χ4v) is 2.80. The Morgan fingerprint density at radius 2 is 1.90 bits per heavy atom. The van der Waals surface area contributed by atoms with Crippen LogP contribution in [0.2, 0.25) is 0 Å². The first kappa shape index (κ1) is 14.1. The molecule has 0 fully saturated rings. The van der Waals surface area contributed by atoms with Gasteiger partial charge in [0, 0.05) is 17.4 Å². The lowest BCUT2D eigenvalue weighted by atomic mass is 10.1. The summed E-state index contributed by atoms with van der Waals surface area (Å²) in [4.78, 5) is 14.6. The molecule has 3 nitrogen and oxygen atoms in total. The first-order valence-corrected chi connectivity index (χ1v) is 8.10. The number of hydrogen-bond acceptors (Lipinski definition) is 2. The van der Waals surface area contributed by atoms with Gasteiger partial charge in [0.25, 0.3) is 5.91 Å². The molecule has 0 spiro atoms. The van der Waals surface area contributed by atoms with Crippen molar-refractivity contribution < 1.29 is 9.53 Å². The molecule has 3 rings (SSSR count). The van der Waals surface area contributed by atoms with Gasteiger partial charge < -0.3 is 9.64 Å². The minimum absolute atomic E-state index is 0.0223. The van der Waals surface area contributed by atoms with E-state index >= 15 is 0 Å². The summed E-state index contributed by atoms with van der Waals surface area (Å²) < 4.78 is 5.70. The van der Waals surface area contributed by atoms with Crippen LogP contribution in [-0.4, -0.2) is 19.1 Å². The number of nitrogens with zero attached hydrogens (tertiary/aromatic N) is 1. The smallest absolute Gasteiger partial charge is 0.258 e. The molecule has 0 radical (unpaired) electrons. The molecule has 1 aliphatic rings. The maximum Gasteiger partial charge on any atom is 0.258 e. The SMILES string of the molecule is O=C(c1ccc(CBr)cc1)N1CCCOc2ccccc21. The monoisotopic (exact) mass is 345 g/mol. The Morgan fingerprint density at radius 3 is 2.67 bits per heavy atom. The molecule has 0 N–H and O–H groups in total. The molecule has 0 aliphatic carbocycles. The van der Waals surface area contributed by atoms with Crippen LogP contribution in [0.1, 0.15) is 22.3 Å². The van der Waals surface area contributed by atoms with Crippen molar-refractivity contribution in [2.75, 3.05) is 18.1 Å². The van der Waals surface area contributed by atoms with Crippen LogP contribution < -0.4 is 9.64 Å². The van der Waals surface area contributed by atoms with Crippen LogP contribution in [-0.2, 0) is 5.33 Å². The lowest BCUT2D eigenvalue weighted by molar-refractivity contribution is 0.0987. The molecule has 0 unspecified atom stereocenters. The highest BCUT2D eigenvalue weighted by Crippen LogP contribution is 2.31. The number of halogens is 1. The van der Waals surface area contributed by atoms with E-state index in [1.807, 2.05) is 53.4 Å². The minimum atomic E-state index is 0.0223. The van der Waals surface area contributed by atoms with Crippen LogP contribution in [0.3, 0.4) is 0 Å². The first-order valence-electron chi connectivity index (χ1n) is 6.98. The summed E-state index contributed by atoms with van der Waals surface area (Å²) >= 11 is 3.42. The molecule has 2 aromatic carbocycles. The van der Waals surface area contributed by atoms with Crippen LogP contribution in [0.25, 0.3) is 0 Å². The zero-order chi connectivity index (χ0) is 14.7. The van der Waals surface area contributed by atoms with Gasteiger partial charge in [-0.05, 0) is 36.2 Å². The number of anilines is 1. The highest BCUT2D eigenvalue weighted by atomic mass is 79.9. The predicted molar refractivity (Wildman–Crippen MR) is 87.3 cm³/mol. The summed E-state index contributed by atoms with van der Waals surface area (Å²) in [5.74, 6) is 0.800. The first-order chi connectivity index (χ1) is 10.3. The maximum absolute atomic E-state index is 12.8. The van der Waals surface area contributed by atoms with E-state index in [1.165, 1.54) is 0 Å². The Kier molecular flexibility index (Phi) is 4.25. The van der Waals surface area contributed by atoms with E-state index < -0.39 is 0 Å². The van der Waals surface area contributed by atoms with Gasteiger partial charge in [-0.2, -0.15) is 0 Å². The number of fused-ring (bicyclic) bond motifs is 1. The van der Waals surface area contributed by atoms with Crippen molar-refractivity contribution in [1.29, 1.82) is 0 Å². The number of amides is 1. The molecule has 1 aliphatic heterocycles. The number of carbonyl (C=O) groups excluding carboxylic acids is 1. The van der Waals surface area contributed by atoms with E-state index in [9.17, 15) is 4.79 Å².